The van der Waals surface area contributed by atoms with Crippen molar-refractivity contribution in [2.75, 3.05) is 11.9 Å². The predicted molar refractivity (Wildman–Crippen MR) is 99.5 cm³/mol. The minimum absolute atomic E-state index is 0.0109. The molecule has 2 N–H and O–H groups in total. The minimum Gasteiger partial charge on any atom is -0.370 e. The van der Waals surface area contributed by atoms with Gasteiger partial charge in [0.2, 0.25) is 11.9 Å². The second kappa shape index (κ2) is 7.32. The normalized spacial score (nSPS) is 16.7. The molecule has 1 aromatic carbocycles. The summed E-state index contributed by atoms with van der Waals surface area (Å²) in [6.45, 7) is 2.73. The lowest BCUT2D eigenvalue weighted by atomic mass is 10.1. The van der Waals surface area contributed by atoms with Crippen molar-refractivity contribution in [2.24, 2.45) is 0 Å². The summed E-state index contributed by atoms with van der Waals surface area (Å²) in [7, 11) is 0. The third-order valence-electron chi connectivity index (χ3n) is 4.74. The highest BCUT2D eigenvalue weighted by Crippen LogP contribution is 2.26. The summed E-state index contributed by atoms with van der Waals surface area (Å²) in [6, 6.07) is 7.69. The Hall–Kier alpha value is -3.00. The second-order valence-electron chi connectivity index (χ2n) is 6.65. The number of carbonyl (C=O) groups is 2. The quantitative estimate of drug-likeness (QED) is 0.652. The van der Waals surface area contributed by atoms with Gasteiger partial charge in [0, 0.05) is 42.2 Å². The first-order chi connectivity index (χ1) is 13.1. The summed E-state index contributed by atoms with van der Waals surface area (Å²) in [4.78, 5) is 28.4. The van der Waals surface area contributed by atoms with Crippen LogP contribution in [0.3, 0.4) is 0 Å². The molecule has 27 heavy (non-hydrogen) atoms. The van der Waals surface area contributed by atoms with Crippen molar-refractivity contribution in [3.63, 3.8) is 0 Å². The molecule has 0 unspecified atom stereocenters. The first-order valence-electron chi connectivity index (χ1n) is 9.04. The summed E-state index contributed by atoms with van der Waals surface area (Å²) in [6.07, 6.45) is 3.89. The fourth-order valence-corrected chi connectivity index (χ4v) is 3.39. The number of ether oxygens (including phenoxy) is 1. The summed E-state index contributed by atoms with van der Waals surface area (Å²) in [5, 5.41) is 10.5. The summed E-state index contributed by atoms with van der Waals surface area (Å²) in [5.41, 5.74) is 1.61. The molecule has 1 amide bonds. The topological polar surface area (TPSA) is 102 Å². The number of nitrogens with zero attached hydrogens (tertiary/aromatic N) is 3. The number of hydrogen-bond acceptors (Lipinski definition) is 5. The molecule has 1 atom stereocenters. The Kier molecular flexibility index (Phi) is 4.72. The molecule has 0 bridgehead atoms. The van der Waals surface area contributed by atoms with Crippen LogP contribution in [0.15, 0.2) is 30.5 Å². The molecule has 1 aliphatic heterocycles. The highest BCUT2D eigenvalue weighted by Gasteiger charge is 2.21. The minimum atomic E-state index is -0.185. The molecule has 3 heterocycles. The molecule has 0 saturated carbocycles. The lowest BCUT2D eigenvalue weighted by Gasteiger charge is -2.05. The Morgan fingerprint density at radius 2 is 2.22 bits per heavy atom. The van der Waals surface area contributed by atoms with Crippen LogP contribution in [0.1, 0.15) is 48.5 Å². The number of anilines is 1. The van der Waals surface area contributed by atoms with Crippen molar-refractivity contribution in [3.8, 4) is 0 Å². The number of Topliss-reactive ketones (excluding diaryl/α,β-unsaturated/α-hetero) is 1. The molecule has 1 fully saturated rings. The van der Waals surface area contributed by atoms with Gasteiger partial charge in [0.05, 0.1) is 0 Å². The Morgan fingerprint density at radius 1 is 1.37 bits per heavy atom. The lowest BCUT2D eigenvalue weighted by molar-refractivity contribution is -0.116. The van der Waals surface area contributed by atoms with E-state index in [-0.39, 0.29) is 30.2 Å². The highest BCUT2D eigenvalue weighted by atomic mass is 16.5. The van der Waals surface area contributed by atoms with Gasteiger partial charge in [-0.15, -0.1) is 5.10 Å². The molecule has 140 valence electrons. The zero-order chi connectivity index (χ0) is 18.8. The molecule has 8 nitrogen and oxygen atoms in total. The molecular formula is C19H21N5O3. The van der Waals surface area contributed by atoms with Gasteiger partial charge in [-0.1, -0.05) is 18.2 Å². The number of nitrogens with one attached hydrogen (secondary N) is 2. The summed E-state index contributed by atoms with van der Waals surface area (Å²) in [5.74, 6) is 0.726. The Balaban J connectivity index is 1.41. The number of hydrogen-bond donors (Lipinski definition) is 2. The number of benzene rings is 1. The van der Waals surface area contributed by atoms with Crippen molar-refractivity contribution in [1.82, 2.24) is 19.7 Å². The SMILES string of the molecule is CC(=O)c1cn(CCC(=O)Nc2n[nH]c([C@@H]3CCCO3)n2)c2ccccc12. The molecule has 1 aliphatic rings. The van der Waals surface area contributed by atoms with Crippen LogP contribution in [0.5, 0.6) is 0 Å². The second-order valence-corrected chi connectivity index (χ2v) is 6.65. The number of amides is 1. The van der Waals surface area contributed by atoms with E-state index in [1.54, 1.807) is 6.92 Å². The van der Waals surface area contributed by atoms with Crippen molar-refractivity contribution >= 4 is 28.5 Å². The third kappa shape index (κ3) is 3.61. The largest absolute Gasteiger partial charge is 0.370 e. The van der Waals surface area contributed by atoms with Gasteiger partial charge in [-0.3, -0.25) is 20.0 Å². The van der Waals surface area contributed by atoms with E-state index in [0.717, 1.165) is 30.4 Å². The van der Waals surface area contributed by atoms with E-state index in [9.17, 15) is 9.59 Å². The zero-order valence-corrected chi connectivity index (χ0v) is 15.1. The lowest BCUT2D eigenvalue weighted by Crippen LogP contribution is -2.15. The fourth-order valence-electron chi connectivity index (χ4n) is 3.39. The van der Waals surface area contributed by atoms with E-state index in [1.165, 1.54) is 0 Å². The molecule has 8 heteroatoms. The summed E-state index contributed by atoms with van der Waals surface area (Å²) >= 11 is 0. The number of aromatic amines is 1. The maximum atomic E-state index is 12.3. The van der Waals surface area contributed by atoms with E-state index in [4.69, 9.17) is 4.74 Å². The van der Waals surface area contributed by atoms with Gasteiger partial charge >= 0.3 is 0 Å². The van der Waals surface area contributed by atoms with Gasteiger partial charge < -0.3 is 9.30 Å². The number of aromatic nitrogens is 4. The van der Waals surface area contributed by atoms with Crippen molar-refractivity contribution in [2.45, 2.75) is 38.8 Å². The molecule has 0 spiro atoms. The Morgan fingerprint density at radius 3 is 3.00 bits per heavy atom. The standard InChI is InChI=1S/C19H21N5O3/c1-12(25)14-11-24(15-6-3-2-5-13(14)15)9-8-17(26)20-19-21-18(22-23-19)16-7-4-10-27-16/h2-3,5-6,11,16H,4,7-10H2,1H3,(H2,20,21,22,23,26)/t16-/m0/s1. The van der Waals surface area contributed by atoms with Crippen LogP contribution in [-0.4, -0.2) is 38.0 Å². The van der Waals surface area contributed by atoms with Crippen LogP contribution < -0.4 is 5.32 Å². The number of rotatable bonds is 6. The Bertz CT molecular complexity index is 984. The van der Waals surface area contributed by atoms with Gasteiger partial charge in [0.1, 0.15) is 6.10 Å². The monoisotopic (exact) mass is 367 g/mol. The third-order valence-corrected chi connectivity index (χ3v) is 4.74. The fraction of sp³-hybridized carbons (Fsp3) is 0.368. The number of fused-ring (bicyclic) bond motifs is 1. The van der Waals surface area contributed by atoms with Crippen molar-refractivity contribution in [1.29, 1.82) is 0 Å². The first-order valence-corrected chi connectivity index (χ1v) is 9.04. The highest BCUT2D eigenvalue weighted by molar-refractivity contribution is 6.07. The van der Waals surface area contributed by atoms with Gasteiger partial charge in [0.25, 0.3) is 0 Å². The first kappa shape index (κ1) is 17.4. The maximum absolute atomic E-state index is 12.3. The zero-order valence-electron chi connectivity index (χ0n) is 15.1. The molecule has 4 rings (SSSR count). The number of ketones is 1. The van der Waals surface area contributed by atoms with E-state index >= 15 is 0 Å². The van der Waals surface area contributed by atoms with Gasteiger partial charge in [0.15, 0.2) is 11.6 Å². The molecule has 2 aromatic heterocycles. The number of carbonyl (C=O) groups excluding carboxylic acids is 2. The van der Waals surface area contributed by atoms with E-state index < -0.39 is 0 Å². The van der Waals surface area contributed by atoms with Crippen LogP contribution in [0.4, 0.5) is 5.95 Å². The van der Waals surface area contributed by atoms with Crippen LogP contribution in [-0.2, 0) is 16.1 Å². The van der Waals surface area contributed by atoms with Crippen LogP contribution in [0.25, 0.3) is 10.9 Å². The number of H-pyrrole nitrogens is 1. The molecule has 1 saturated heterocycles. The average molecular weight is 367 g/mol. The van der Waals surface area contributed by atoms with Gasteiger partial charge in [-0.05, 0) is 25.8 Å². The van der Waals surface area contributed by atoms with E-state index in [2.05, 4.69) is 20.5 Å². The average Bonchev–Trinajstić information content (AvgIpc) is 3.39. The van der Waals surface area contributed by atoms with Gasteiger partial charge in [-0.2, -0.15) is 4.98 Å². The van der Waals surface area contributed by atoms with Crippen molar-refractivity contribution in [3.05, 3.63) is 41.9 Å². The van der Waals surface area contributed by atoms with E-state index in [1.807, 2.05) is 35.0 Å². The predicted octanol–water partition coefficient (Wildman–Crippen LogP) is 2.84. The Labute approximate surface area is 155 Å². The number of para-hydroxylation sites is 1. The molecular weight excluding hydrogens is 346 g/mol. The van der Waals surface area contributed by atoms with Crippen LogP contribution in [0.2, 0.25) is 0 Å². The summed E-state index contributed by atoms with van der Waals surface area (Å²) < 4.78 is 7.48. The van der Waals surface area contributed by atoms with Crippen molar-refractivity contribution < 1.29 is 14.3 Å². The van der Waals surface area contributed by atoms with Crippen LogP contribution >= 0.6 is 0 Å². The number of aryl methyl sites for hydroxylation is 1. The van der Waals surface area contributed by atoms with Gasteiger partial charge in [-0.25, -0.2) is 0 Å². The maximum Gasteiger partial charge on any atom is 0.248 e. The molecule has 0 radical (unpaired) electrons. The molecule has 3 aromatic rings. The van der Waals surface area contributed by atoms with E-state index in [0.29, 0.717) is 17.9 Å². The smallest absolute Gasteiger partial charge is 0.248 e. The molecule has 0 aliphatic carbocycles. The van der Waals surface area contributed by atoms with Crippen LogP contribution in [0, 0.1) is 0 Å².